The Labute approximate surface area is 117 Å². The molecule has 104 valence electrons. The third kappa shape index (κ3) is 3.38. The number of nitrogens with two attached hydrogens (primary N) is 1. The first-order valence-electron chi connectivity index (χ1n) is 5.76. The van der Waals surface area contributed by atoms with E-state index in [9.17, 15) is 8.42 Å². The van der Waals surface area contributed by atoms with E-state index in [2.05, 4.69) is 21.7 Å². The predicted molar refractivity (Wildman–Crippen MR) is 74.4 cm³/mol. The molecule has 0 unspecified atom stereocenters. The van der Waals surface area contributed by atoms with Gasteiger partial charge in [-0.05, 0) is 31.2 Å². The van der Waals surface area contributed by atoms with E-state index in [0.717, 1.165) is 0 Å². The molecule has 0 aliphatic heterocycles. The maximum absolute atomic E-state index is 12.1. The first-order valence-corrected chi connectivity index (χ1v) is 7.25. The fourth-order valence-corrected chi connectivity index (χ4v) is 2.45. The molecule has 0 spiro atoms. The summed E-state index contributed by atoms with van der Waals surface area (Å²) in [6, 6.07) is 7.66. The van der Waals surface area contributed by atoms with E-state index in [1.54, 1.807) is 19.1 Å². The second kappa shape index (κ2) is 5.77. The Morgan fingerprint density at radius 3 is 2.60 bits per heavy atom. The summed E-state index contributed by atoms with van der Waals surface area (Å²) >= 11 is 0. The third-order valence-corrected chi connectivity index (χ3v) is 3.73. The summed E-state index contributed by atoms with van der Waals surface area (Å²) in [7, 11) is -3.69. The molecule has 0 saturated heterocycles. The zero-order chi connectivity index (χ0) is 14.6. The van der Waals surface area contributed by atoms with Crippen LogP contribution in [-0.4, -0.2) is 20.1 Å². The van der Waals surface area contributed by atoms with Gasteiger partial charge in [0.25, 0.3) is 10.0 Å². The van der Waals surface area contributed by atoms with Gasteiger partial charge in [-0.3, -0.25) is 0 Å². The Hall–Kier alpha value is -2.30. The van der Waals surface area contributed by atoms with Crippen LogP contribution in [0.15, 0.2) is 39.8 Å². The van der Waals surface area contributed by atoms with Gasteiger partial charge in [0.2, 0.25) is 5.88 Å². The van der Waals surface area contributed by atoms with Gasteiger partial charge >= 0.3 is 0 Å². The molecule has 1 heterocycles. The Morgan fingerprint density at radius 1 is 1.35 bits per heavy atom. The van der Waals surface area contributed by atoms with E-state index >= 15 is 0 Å². The van der Waals surface area contributed by atoms with Crippen molar-refractivity contribution < 1.29 is 12.9 Å². The average Bonchev–Trinajstić information content (AvgIpc) is 2.81. The van der Waals surface area contributed by atoms with Crippen LogP contribution in [0.3, 0.4) is 0 Å². The zero-order valence-electron chi connectivity index (χ0n) is 10.8. The van der Waals surface area contributed by atoms with Gasteiger partial charge in [-0.15, -0.1) is 0 Å². The van der Waals surface area contributed by atoms with Crippen molar-refractivity contribution in [2.75, 3.05) is 11.3 Å². The lowest BCUT2D eigenvalue weighted by Crippen LogP contribution is -2.12. The maximum atomic E-state index is 12.1. The quantitative estimate of drug-likeness (QED) is 0.825. The van der Waals surface area contributed by atoms with E-state index < -0.39 is 10.0 Å². The minimum Gasteiger partial charge on any atom is -0.338 e. The van der Waals surface area contributed by atoms with Crippen molar-refractivity contribution in [1.82, 2.24) is 5.16 Å². The fraction of sp³-hybridized carbons (Fsp3) is 0.154. The molecule has 3 N–H and O–H groups in total. The lowest BCUT2D eigenvalue weighted by Gasteiger charge is -2.04. The molecule has 1 aromatic carbocycles. The van der Waals surface area contributed by atoms with Crippen molar-refractivity contribution >= 4 is 15.9 Å². The van der Waals surface area contributed by atoms with Gasteiger partial charge in [0, 0.05) is 11.6 Å². The summed E-state index contributed by atoms with van der Waals surface area (Å²) in [6.07, 6.45) is 0. The molecule has 2 rings (SSSR count). The monoisotopic (exact) mass is 291 g/mol. The number of nitrogens with zero attached hydrogens (tertiary/aromatic N) is 1. The maximum Gasteiger partial charge on any atom is 0.264 e. The Kier molecular flexibility index (Phi) is 4.08. The van der Waals surface area contributed by atoms with Crippen molar-refractivity contribution in [1.29, 1.82) is 0 Å². The molecule has 0 saturated carbocycles. The molecular weight excluding hydrogens is 278 g/mol. The minimum atomic E-state index is -3.69. The molecule has 0 amide bonds. The van der Waals surface area contributed by atoms with Crippen molar-refractivity contribution in [3.05, 3.63) is 41.6 Å². The van der Waals surface area contributed by atoms with Crippen molar-refractivity contribution in [3.8, 4) is 11.8 Å². The van der Waals surface area contributed by atoms with Crippen LogP contribution in [-0.2, 0) is 10.0 Å². The second-order valence-corrected chi connectivity index (χ2v) is 5.65. The Bertz CT molecular complexity index is 752. The standard InChI is InChI=1S/C13H13N3O3S/c1-10-9-13(19-15-10)16-20(17,18)12-6-4-11(5-7-12)3-2-8-14/h4-7,9,16H,8,14H2,1H3. The molecule has 0 bridgehead atoms. The van der Waals surface area contributed by atoms with Crippen LogP contribution in [0.2, 0.25) is 0 Å². The van der Waals surface area contributed by atoms with Crippen LogP contribution in [0, 0.1) is 18.8 Å². The molecule has 2 aromatic rings. The van der Waals surface area contributed by atoms with E-state index in [1.807, 2.05) is 0 Å². The minimum absolute atomic E-state index is 0.0782. The van der Waals surface area contributed by atoms with Crippen LogP contribution in [0.25, 0.3) is 0 Å². The van der Waals surface area contributed by atoms with Gasteiger partial charge in [-0.2, -0.15) is 0 Å². The van der Waals surface area contributed by atoms with Crippen molar-refractivity contribution in [2.24, 2.45) is 5.73 Å². The summed E-state index contributed by atoms with van der Waals surface area (Å²) < 4.78 is 31.3. The number of hydrogen-bond acceptors (Lipinski definition) is 5. The highest BCUT2D eigenvalue weighted by atomic mass is 32.2. The van der Waals surface area contributed by atoms with Crippen molar-refractivity contribution in [3.63, 3.8) is 0 Å². The molecule has 0 atom stereocenters. The molecule has 1 aromatic heterocycles. The summed E-state index contributed by atoms with van der Waals surface area (Å²) in [5.74, 6) is 5.59. The van der Waals surface area contributed by atoms with E-state index in [4.69, 9.17) is 10.3 Å². The van der Waals surface area contributed by atoms with Crippen LogP contribution in [0.4, 0.5) is 5.88 Å². The number of rotatable bonds is 3. The van der Waals surface area contributed by atoms with Gasteiger partial charge in [-0.1, -0.05) is 17.0 Å². The SMILES string of the molecule is Cc1cc(NS(=O)(=O)c2ccc(C#CCN)cc2)on1. The lowest BCUT2D eigenvalue weighted by molar-refractivity contribution is 0.430. The summed E-state index contributed by atoms with van der Waals surface area (Å²) in [4.78, 5) is 0.116. The normalized spacial score (nSPS) is 10.7. The molecule has 0 aliphatic rings. The summed E-state index contributed by atoms with van der Waals surface area (Å²) in [6.45, 7) is 1.96. The van der Waals surface area contributed by atoms with E-state index in [1.165, 1.54) is 18.2 Å². The number of benzene rings is 1. The highest BCUT2D eigenvalue weighted by Crippen LogP contribution is 2.17. The van der Waals surface area contributed by atoms with Crippen LogP contribution in [0.1, 0.15) is 11.3 Å². The topological polar surface area (TPSA) is 98.2 Å². The smallest absolute Gasteiger partial charge is 0.264 e. The second-order valence-electron chi connectivity index (χ2n) is 3.97. The lowest BCUT2D eigenvalue weighted by atomic mass is 10.2. The van der Waals surface area contributed by atoms with E-state index in [0.29, 0.717) is 11.3 Å². The predicted octanol–water partition coefficient (Wildman–Crippen LogP) is 1.09. The van der Waals surface area contributed by atoms with Gasteiger partial charge < -0.3 is 10.3 Å². The number of hydrogen-bond donors (Lipinski definition) is 2. The molecule has 6 nitrogen and oxygen atoms in total. The number of aryl methyl sites for hydroxylation is 1. The highest BCUT2D eigenvalue weighted by molar-refractivity contribution is 7.92. The molecule has 7 heteroatoms. The van der Waals surface area contributed by atoms with Gasteiger partial charge in [0.15, 0.2) is 0 Å². The summed E-state index contributed by atoms with van der Waals surface area (Å²) in [5, 5.41) is 3.61. The number of sulfonamides is 1. The fourth-order valence-electron chi connectivity index (χ4n) is 1.47. The molecular formula is C13H13N3O3S. The molecule has 20 heavy (non-hydrogen) atoms. The van der Waals surface area contributed by atoms with Gasteiger partial charge in [0.05, 0.1) is 17.1 Å². The molecule has 0 aliphatic carbocycles. The Morgan fingerprint density at radius 2 is 2.05 bits per heavy atom. The van der Waals surface area contributed by atoms with Crippen LogP contribution < -0.4 is 10.5 Å². The third-order valence-electron chi connectivity index (χ3n) is 2.36. The zero-order valence-corrected chi connectivity index (χ0v) is 11.6. The number of aromatic nitrogens is 1. The first-order chi connectivity index (χ1) is 9.51. The largest absolute Gasteiger partial charge is 0.338 e. The van der Waals surface area contributed by atoms with Crippen LogP contribution in [0.5, 0.6) is 0 Å². The summed E-state index contributed by atoms with van der Waals surface area (Å²) in [5.41, 5.74) is 6.56. The van der Waals surface area contributed by atoms with Gasteiger partial charge in [-0.25, -0.2) is 13.1 Å². The van der Waals surface area contributed by atoms with Gasteiger partial charge in [0.1, 0.15) is 0 Å². The highest BCUT2D eigenvalue weighted by Gasteiger charge is 2.16. The first kappa shape index (κ1) is 14.1. The average molecular weight is 291 g/mol. The Balaban J connectivity index is 2.21. The number of nitrogens with one attached hydrogen (secondary N) is 1. The molecule has 0 fully saturated rings. The van der Waals surface area contributed by atoms with Crippen LogP contribution >= 0.6 is 0 Å². The number of anilines is 1. The van der Waals surface area contributed by atoms with E-state index in [-0.39, 0.29) is 17.3 Å². The molecule has 0 radical (unpaired) electrons. The van der Waals surface area contributed by atoms with Crippen molar-refractivity contribution in [2.45, 2.75) is 11.8 Å².